The van der Waals surface area contributed by atoms with Gasteiger partial charge < -0.3 is 9.73 Å². The van der Waals surface area contributed by atoms with Gasteiger partial charge in [-0.2, -0.15) is 0 Å². The molecule has 2 nitrogen and oxygen atoms in total. The summed E-state index contributed by atoms with van der Waals surface area (Å²) in [4.78, 5) is 0. The largest absolute Gasteiger partial charge is 0.461 e. The molecule has 0 amide bonds. The first kappa shape index (κ1) is 10.2. The number of aryl methyl sites for hydroxylation is 2. The average molecular weight is 203 g/mol. The summed E-state index contributed by atoms with van der Waals surface area (Å²) in [6.07, 6.45) is 2.13. The molecule has 15 heavy (non-hydrogen) atoms. The maximum absolute atomic E-state index is 5.77. The van der Waals surface area contributed by atoms with Gasteiger partial charge in [-0.3, -0.25) is 0 Å². The number of nitrogens with one attached hydrogen (secondary N) is 1. The van der Waals surface area contributed by atoms with Crippen molar-refractivity contribution >= 4 is 11.0 Å². The van der Waals surface area contributed by atoms with E-state index in [9.17, 15) is 0 Å². The van der Waals surface area contributed by atoms with E-state index in [0.717, 1.165) is 30.7 Å². The van der Waals surface area contributed by atoms with E-state index in [1.54, 1.807) is 0 Å². The molecule has 0 aliphatic rings. The summed E-state index contributed by atoms with van der Waals surface area (Å²) in [6.45, 7) is 3.16. The van der Waals surface area contributed by atoms with Crippen molar-refractivity contribution in [2.45, 2.75) is 19.8 Å². The van der Waals surface area contributed by atoms with E-state index in [1.807, 2.05) is 19.2 Å². The van der Waals surface area contributed by atoms with Gasteiger partial charge in [-0.25, -0.2) is 0 Å². The van der Waals surface area contributed by atoms with Crippen LogP contribution in [-0.2, 0) is 6.42 Å². The van der Waals surface area contributed by atoms with Crippen LogP contribution in [0, 0.1) is 6.92 Å². The summed E-state index contributed by atoms with van der Waals surface area (Å²) in [5.41, 5.74) is 2.30. The highest BCUT2D eigenvalue weighted by Crippen LogP contribution is 2.23. The summed E-state index contributed by atoms with van der Waals surface area (Å²) in [6, 6.07) is 8.36. The third-order valence-corrected chi connectivity index (χ3v) is 2.68. The smallest absolute Gasteiger partial charge is 0.134 e. The van der Waals surface area contributed by atoms with Crippen molar-refractivity contribution in [1.82, 2.24) is 5.32 Å². The molecule has 1 aromatic carbocycles. The zero-order chi connectivity index (χ0) is 10.7. The Morgan fingerprint density at radius 1 is 1.33 bits per heavy atom. The van der Waals surface area contributed by atoms with Crippen molar-refractivity contribution in [2.75, 3.05) is 13.6 Å². The summed E-state index contributed by atoms with van der Waals surface area (Å²) in [5, 5.41) is 4.39. The fraction of sp³-hybridized carbons (Fsp3) is 0.385. The molecule has 2 rings (SSSR count). The van der Waals surface area contributed by atoms with Crippen LogP contribution in [-0.4, -0.2) is 13.6 Å². The third-order valence-electron chi connectivity index (χ3n) is 2.68. The van der Waals surface area contributed by atoms with Crippen molar-refractivity contribution in [1.29, 1.82) is 0 Å². The van der Waals surface area contributed by atoms with E-state index in [-0.39, 0.29) is 0 Å². The predicted octanol–water partition coefficient (Wildman–Crippen LogP) is 2.89. The van der Waals surface area contributed by atoms with Gasteiger partial charge >= 0.3 is 0 Å². The molecule has 0 saturated carbocycles. The molecule has 0 saturated heterocycles. The van der Waals surface area contributed by atoms with E-state index < -0.39 is 0 Å². The Morgan fingerprint density at radius 3 is 2.93 bits per heavy atom. The molecule has 1 N–H and O–H groups in total. The molecule has 0 unspecified atom stereocenters. The Bertz CT molecular complexity index is 445. The molecule has 0 atom stereocenters. The van der Waals surface area contributed by atoms with E-state index in [1.165, 1.54) is 10.9 Å². The zero-order valence-corrected chi connectivity index (χ0v) is 9.34. The van der Waals surface area contributed by atoms with Crippen molar-refractivity contribution in [3.8, 4) is 0 Å². The van der Waals surface area contributed by atoms with Crippen molar-refractivity contribution in [3.05, 3.63) is 35.6 Å². The van der Waals surface area contributed by atoms with Gasteiger partial charge in [0.15, 0.2) is 0 Å². The SMILES string of the molecule is CNCCCc1cc2c(C)cccc2o1. The van der Waals surface area contributed by atoms with Gasteiger partial charge in [-0.15, -0.1) is 0 Å². The Morgan fingerprint density at radius 2 is 2.20 bits per heavy atom. The average Bonchev–Trinajstić information content (AvgIpc) is 2.63. The minimum Gasteiger partial charge on any atom is -0.461 e. The predicted molar refractivity (Wildman–Crippen MR) is 63.2 cm³/mol. The second kappa shape index (κ2) is 4.49. The van der Waals surface area contributed by atoms with Gasteiger partial charge in [0.25, 0.3) is 0 Å². The van der Waals surface area contributed by atoms with E-state index in [2.05, 4.69) is 24.4 Å². The Labute approximate surface area is 90.3 Å². The molecular formula is C13H17NO. The molecule has 0 spiro atoms. The van der Waals surface area contributed by atoms with Crippen LogP contribution in [0.5, 0.6) is 0 Å². The number of rotatable bonds is 4. The van der Waals surface area contributed by atoms with Crippen LogP contribution in [0.2, 0.25) is 0 Å². The lowest BCUT2D eigenvalue weighted by Gasteiger charge is -1.95. The maximum Gasteiger partial charge on any atom is 0.134 e. The van der Waals surface area contributed by atoms with E-state index >= 15 is 0 Å². The quantitative estimate of drug-likeness (QED) is 0.773. The molecule has 0 aliphatic heterocycles. The molecular weight excluding hydrogens is 186 g/mol. The minimum atomic E-state index is 1.01. The molecule has 80 valence electrons. The Kier molecular flexibility index (Phi) is 3.07. The first-order valence-corrected chi connectivity index (χ1v) is 5.44. The van der Waals surface area contributed by atoms with Crippen molar-refractivity contribution in [2.24, 2.45) is 0 Å². The summed E-state index contributed by atoms with van der Waals surface area (Å²) in [7, 11) is 1.97. The zero-order valence-electron chi connectivity index (χ0n) is 9.34. The number of furan rings is 1. The van der Waals surface area contributed by atoms with Crippen LogP contribution in [0.1, 0.15) is 17.7 Å². The molecule has 0 fully saturated rings. The summed E-state index contributed by atoms with van der Waals surface area (Å²) in [5.74, 6) is 1.09. The molecule has 0 aliphatic carbocycles. The molecule has 0 bridgehead atoms. The van der Waals surface area contributed by atoms with Crippen LogP contribution < -0.4 is 5.32 Å². The van der Waals surface area contributed by atoms with E-state index in [0.29, 0.717) is 0 Å². The monoisotopic (exact) mass is 203 g/mol. The number of hydrogen-bond acceptors (Lipinski definition) is 2. The van der Waals surface area contributed by atoms with Crippen LogP contribution in [0.15, 0.2) is 28.7 Å². The van der Waals surface area contributed by atoms with E-state index in [4.69, 9.17) is 4.42 Å². The lowest BCUT2D eigenvalue weighted by molar-refractivity contribution is 0.534. The van der Waals surface area contributed by atoms with Gasteiger partial charge in [0.2, 0.25) is 0 Å². The van der Waals surface area contributed by atoms with Crippen molar-refractivity contribution < 1.29 is 4.42 Å². The molecule has 1 aromatic heterocycles. The second-order valence-electron chi connectivity index (χ2n) is 3.91. The highest BCUT2D eigenvalue weighted by atomic mass is 16.3. The second-order valence-corrected chi connectivity index (χ2v) is 3.91. The molecule has 0 radical (unpaired) electrons. The normalized spacial score (nSPS) is 11.1. The van der Waals surface area contributed by atoms with Gasteiger partial charge in [0.1, 0.15) is 11.3 Å². The fourth-order valence-corrected chi connectivity index (χ4v) is 1.82. The van der Waals surface area contributed by atoms with Gasteiger partial charge in [0.05, 0.1) is 0 Å². The lowest BCUT2D eigenvalue weighted by Crippen LogP contribution is -2.07. The van der Waals surface area contributed by atoms with Crippen molar-refractivity contribution in [3.63, 3.8) is 0 Å². The topological polar surface area (TPSA) is 25.2 Å². The highest BCUT2D eigenvalue weighted by Gasteiger charge is 2.04. The number of benzene rings is 1. The third kappa shape index (κ3) is 2.21. The minimum absolute atomic E-state index is 1.01. The van der Waals surface area contributed by atoms with Crippen LogP contribution in [0.25, 0.3) is 11.0 Å². The Hall–Kier alpha value is -1.28. The van der Waals surface area contributed by atoms with Gasteiger partial charge in [0, 0.05) is 11.8 Å². The first-order chi connectivity index (χ1) is 7.31. The first-order valence-electron chi connectivity index (χ1n) is 5.44. The molecule has 2 heteroatoms. The number of fused-ring (bicyclic) bond motifs is 1. The molecule has 1 heterocycles. The maximum atomic E-state index is 5.77. The number of hydrogen-bond donors (Lipinski definition) is 1. The summed E-state index contributed by atoms with van der Waals surface area (Å²) >= 11 is 0. The molecule has 2 aromatic rings. The Balaban J connectivity index is 2.20. The lowest BCUT2D eigenvalue weighted by atomic mass is 10.1. The standard InChI is InChI=1S/C13H17NO/c1-10-5-3-7-13-12(10)9-11(15-13)6-4-8-14-2/h3,5,7,9,14H,4,6,8H2,1-2H3. The van der Waals surface area contributed by atoms with Gasteiger partial charge in [-0.1, -0.05) is 12.1 Å². The van der Waals surface area contributed by atoms with Crippen LogP contribution in [0.4, 0.5) is 0 Å². The van der Waals surface area contributed by atoms with Crippen LogP contribution >= 0.6 is 0 Å². The fourth-order valence-electron chi connectivity index (χ4n) is 1.82. The van der Waals surface area contributed by atoms with Crippen LogP contribution in [0.3, 0.4) is 0 Å². The highest BCUT2D eigenvalue weighted by molar-refractivity contribution is 5.81. The van der Waals surface area contributed by atoms with Gasteiger partial charge in [-0.05, 0) is 44.6 Å². The summed E-state index contributed by atoms with van der Waals surface area (Å²) < 4.78 is 5.77.